The fourth-order valence-electron chi connectivity index (χ4n) is 3.15. The zero-order valence-electron chi connectivity index (χ0n) is 19.5. The Morgan fingerprint density at radius 1 is 0.935 bits per heavy atom. The van der Waals surface area contributed by atoms with Crippen LogP contribution in [-0.4, -0.2) is 24.8 Å². The summed E-state index contributed by atoms with van der Waals surface area (Å²) in [6.07, 6.45) is 9.24. The molecule has 1 heterocycles. The molecule has 1 aliphatic heterocycles. The number of aryl methyl sites for hydroxylation is 1. The van der Waals surface area contributed by atoms with E-state index in [1.54, 1.807) is 0 Å². The molecule has 0 bridgehead atoms. The fraction of sp³-hybridized carbons (Fsp3) is 0.481. The van der Waals surface area contributed by atoms with E-state index in [0.29, 0.717) is 0 Å². The topological polar surface area (TPSA) is 58.2 Å². The second-order valence-corrected chi connectivity index (χ2v) is 7.44. The fourth-order valence-corrected chi connectivity index (χ4v) is 3.15. The van der Waals surface area contributed by atoms with Gasteiger partial charge < -0.3 is 15.4 Å². The van der Waals surface area contributed by atoms with Crippen LogP contribution in [0.3, 0.4) is 0 Å². The van der Waals surface area contributed by atoms with Gasteiger partial charge in [0.25, 0.3) is 0 Å². The zero-order valence-corrected chi connectivity index (χ0v) is 19.5. The minimum absolute atomic E-state index is 0.0502. The molecule has 2 atom stereocenters. The predicted octanol–water partition coefficient (Wildman–Crippen LogP) is 5.63. The maximum Gasteiger partial charge on any atom is 0.237 e. The van der Waals surface area contributed by atoms with Gasteiger partial charge in [-0.25, -0.2) is 0 Å². The molecule has 0 spiro atoms. The molecule has 31 heavy (non-hydrogen) atoms. The van der Waals surface area contributed by atoms with Crippen molar-refractivity contribution in [3.05, 3.63) is 71.8 Å². The first kappa shape index (κ1) is 26.6. The van der Waals surface area contributed by atoms with Crippen LogP contribution in [0.4, 0.5) is 0 Å². The highest BCUT2D eigenvalue weighted by atomic mass is 16.2. The van der Waals surface area contributed by atoms with Gasteiger partial charge in [-0.2, -0.15) is 0 Å². The molecule has 0 radical (unpaired) electrons. The molecule has 1 aliphatic carbocycles. The second kappa shape index (κ2) is 17.2. The van der Waals surface area contributed by atoms with Gasteiger partial charge in [-0.1, -0.05) is 93.8 Å². The van der Waals surface area contributed by atoms with E-state index in [4.69, 9.17) is 4.79 Å². The number of benzene rings is 2. The second-order valence-electron chi connectivity index (χ2n) is 7.44. The van der Waals surface area contributed by atoms with E-state index >= 15 is 0 Å². The van der Waals surface area contributed by atoms with Crippen LogP contribution in [0.25, 0.3) is 0 Å². The summed E-state index contributed by atoms with van der Waals surface area (Å²) in [5, 5.41) is 6.54. The molecule has 1 saturated heterocycles. The molecule has 1 saturated carbocycles. The van der Waals surface area contributed by atoms with Crippen LogP contribution in [0.15, 0.2) is 60.7 Å². The van der Waals surface area contributed by atoms with Crippen LogP contribution in [0, 0.1) is 0 Å². The number of carbonyl (C=O) groups excluding carboxylic acids is 2. The normalized spacial score (nSPS) is 18.5. The third-order valence-electron chi connectivity index (χ3n) is 4.81. The Kier molecular flexibility index (Phi) is 14.8. The van der Waals surface area contributed by atoms with E-state index in [1.165, 1.54) is 37.3 Å². The first-order chi connectivity index (χ1) is 15.2. The largest absolute Gasteiger partial charge is 0.348 e. The van der Waals surface area contributed by atoms with Gasteiger partial charge in [0.05, 0.1) is 12.1 Å². The van der Waals surface area contributed by atoms with Crippen molar-refractivity contribution in [2.75, 3.05) is 6.54 Å². The Balaban J connectivity index is 0.000000517. The van der Waals surface area contributed by atoms with Crippen molar-refractivity contribution in [3.63, 3.8) is 0 Å². The molecular weight excluding hydrogens is 384 g/mol. The maximum absolute atomic E-state index is 12.3. The first-order valence-electron chi connectivity index (χ1n) is 11.8. The molecule has 0 aromatic heterocycles. The van der Waals surface area contributed by atoms with Crippen LogP contribution in [0.2, 0.25) is 0 Å². The van der Waals surface area contributed by atoms with Crippen LogP contribution in [0.1, 0.15) is 76.5 Å². The quantitative estimate of drug-likeness (QED) is 0.467. The Morgan fingerprint density at radius 2 is 1.48 bits per heavy atom. The highest BCUT2D eigenvalue weighted by Crippen LogP contribution is 2.23. The van der Waals surface area contributed by atoms with Crippen molar-refractivity contribution in [2.24, 2.45) is 0 Å². The molecular formula is C27H40N2O2. The third-order valence-corrected chi connectivity index (χ3v) is 4.81. The molecule has 1 amide bonds. The molecule has 4 rings (SSSR count). The Bertz CT molecular complexity index is 699. The lowest BCUT2D eigenvalue weighted by atomic mass is 9.94. The van der Waals surface area contributed by atoms with E-state index in [9.17, 15) is 4.79 Å². The number of carbonyl (C=O) groups is 2. The maximum atomic E-state index is 12.3. The smallest absolute Gasteiger partial charge is 0.237 e. The Morgan fingerprint density at radius 3 is 2.00 bits per heavy atom. The number of hydrogen-bond donors (Lipinski definition) is 2. The molecule has 2 fully saturated rings. The van der Waals surface area contributed by atoms with E-state index in [0.717, 1.165) is 38.5 Å². The molecule has 4 nitrogen and oxygen atoms in total. The number of hydrogen-bond acceptors (Lipinski definition) is 3. The number of rotatable bonds is 6. The van der Waals surface area contributed by atoms with Crippen LogP contribution < -0.4 is 10.6 Å². The minimum Gasteiger partial charge on any atom is -0.348 e. The summed E-state index contributed by atoms with van der Waals surface area (Å²) < 4.78 is 0. The van der Waals surface area contributed by atoms with Gasteiger partial charge in [-0.3, -0.25) is 4.79 Å². The van der Waals surface area contributed by atoms with Crippen molar-refractivity contribution in [3.8, 4) is 0 Å². The standard InChI is InChI=1S/C20H24N2O.C3H6.C2H4O.C2H6/c23-20-19(21-15-7-10-16-8-3-1-4-9-16)14-13-18(22-20)17-11-5-2-6-12-17;1-2-3-1;1-2-3;1-2/h1-6,8-9,11-12,18-19,21H,7,10,13-15H2,(H,22,23);1-3H2;2H,1H3;1-2H3. The van der Waals surface area contributed by atoms with Gasteiger partial charge in [0.15, 0.2) is 0 Å². The van der Waals surface area contributed by atoms with Gasteiger partial charge in [-0.15, -0.1) is 0 Å². The highest BCUT2D eigenvalue weighted by Gasteiger charge is 2.27. The monoisotopic (exact) mass is 424 g/mol. The lowest BCUT2D eigenvalue weighted by Gasteiger charge is -2.30. The first-order valence-corrected chi connectivity index (χ1v) is 11.8. The summed E-state index contributed by atoms with van der Waals surface area (Å²) in [5.74, 6) is 0.129. The average molecular weight is 425 g/mol. The van der Waals surface area contributed by atoms with E-state index < -0.39 is 0 Å². The van der Waals surface area contributed by atoms with Crippen molar-refractivity contribution in [1.82, 2.24) is 10.6 Å². The molecule has 2 aromatic carbocycles. The summed E-state index contributed by atoms with van der Waals surface area (Å²) in [4.78, 5) is 21.1. The summed E-state index contributed by atoms with van der Waals surface area (Å²) in [6, 6.07) is 20.8. The summed E-state index contributed by atoms with van der Waals surface area (Å²) in [7, 11) is 0. The molecule has 2 unspecified atom stereocenters. The van der Waals surface area contributed by atoms with Gasteiger partial charge in [0, 0.05) is 0 Å². The third kappa shape index (κ3) is 12.1. The number of aldehydes is 1. The van der Waals surface area contributed by atoms with Crippen molar-refractivity contribution < 1.29 is 9.59 Å². The molecule has 2 aliphatic rings. The Labute approximate surface area is 188 Å². The average Bonchev–Trinajstić information content (AvgIpc) is 3.70. The Hall–Kier alpha value is -2.46. The van der Waals surface area contributed by atoms with Crippen molar-refractivity contribution >= 4 is 12.2 Å². The van der Waals surface area contributed by atoms with E-state index in [-0.39, 0.29) is 18.0 Å². The van der Waals surface area contributed by atoms with Crippen LogP contribution >= 0.6 is 0 Å². The van der Waals surface area contributed by atoms with Crippen LogP contribution in [-0.2, 0) is 16.0 Å². The summed E-state index contributed by atoms with van der Waals surface area (Å²) >= 11 is 0. The van der Waals surface area contributed by atoms with Gasteiger partial charge >= 0.3 is 0 Å². The van der Waals surface area contributed by atoms with E-state index in [1.807, 2.05) is 38.1 Å². The summed E-state index contributed by atoms with van der Waals surface area (Å²) in [5.41, 5.74) is 2.55. The van der Waals surface area contributed by atoms with Gasteiger partial charge in [0.2, 0.25) is 5.91 Å². The molecule has 2 aromatic rings. The van der Waals surface area contributed by atoms with Crippen LogP contribution in [0.5, 0.6) is 0 Å². The molecule has 2 N–H and O–H groups in total. The minimum atomic E-state index is -0.0502. The van der Waals surface area contributed by atoms with E-state index in [2.05, 4.69) is 47.0 Å². The van der Waals surface area contributed by atoms with Crippen molar-refractivity contribution in [2.45, 2.75) is 77.8 Å². The number of piperidine rings is 1. The predicted molar refractivity (Wildman–Crippen MR) is 130 cm³/mol. The van der Waals surface area contributed by atoms with Crippen molar-refractivity contribution in [1.29, 1.82) is 0 Å². The number of amides is 1. The zero-order chi connectivity index (χ0) is 22.7. The molecule has 170 valence electrons. The highest BCUT2D eigenvalue weighted by molar-refractivity contribution is 5.83. The molecule has 4 heteroatoms. The SMILES string of the molecule is C1CC1.CC.CC=O.O=C1NC(c2ccccc2)CCC1NCCCc1ccccc1. The summed E-state index contributed by atoms with van der Waals surface area (Å²) in [6.45, 7) is 6.32. The van der Waals surface area contributed by atoms with Gasteiger partial charge in [0.1, 0.15) is 6.29 Å². The number of nitrogens with one attached hydrogen (secondary N) is 2. The van der Waals surface area contributed by atoms with Gasteiger partial charge in [-0.05, 0) is 50.3 Å². The lowest BCUT2D eigenvalue weighted by Crippen LogP contribution is -2.49. The lowest BCUT2D eigenvalue weighted by molar-refractivity contribution is -0.125.